The van der Waals surface area contributed by atoms with Gasteiger partial charge in [-0.05, 0) is 40.0 Å². The van der Waals surface area contributed by atoms with Crippen molar-refractivity contribution < 1.29 is 0 Å². The largest absolute Gasteiger partial charge is 0.0710 e. The quantitative estimate of drug-likeness (QED) is 0.482. The fraction of sp³-hybridized carbons (Fsp3) is 1.00. The van der Waals surface area contributed by atoms with Crippen LogP contribution in [0.1, 0.15) is 0 Å². The Bertz CT molecular complexity index is 190. The van der Waals surface area contributed by atoms with Crippen molar-refractivity contribution in [1.29, 1.82) is 0 Å². The summed E-state index contributed by atoms with van der Waals surface area (Å²) in [6, 6.07) is 0. The Labute approximate surface area is 95.9 Å². The molecule has 2 aliphatic heterocycles. The van der Waals surface area contributed by atoms with E-state index in [0.29, 0.717) is 45.0 Å². The SMILES string of the molecule is CP1C2C(P(C)P1C)P(C)P(C)P2C. The summed E-state index contributed by atoms with van der Waals surface area (Å²) in [5.41, 5.74) is 0. The molecule has 2 saturated heterocycles. The Hall–Kier alpha value is 2.58. The number of rotatable bonds is 0. The molecule has 0 amide bonds. The monoisotopic (exact) mass is 302 g/mol. The van der Waals surface area contributed by atoms with Gasteiger partial charge in [0, 0.05) is 10.8 Å². The molecule has 0 bridgehead atoms. The average molecular weight is 302 g/mol. The maximum atomic E-state index is 2.64. The van der Waals surface area contributed by atoms with Gasteiger partial charge in [-0.1, -0.05) is 45.0 Å². The Morgan fingerprint density at radius 3 is 0.929 bits per heavy atom. The molecule has 0 aromatic heterocycles. The van der Waals surface area contributed by atoms with Crippen LogP contribution >= 0.6 is 45.0 Å². The molecule has 82 valence electrons. The van der Waals surface area contributed by atoms with E-state index in [9.17, 15) is 0 Å². The highest BCUT2D eigenvalue weighted by molar-refractivity contribution is 8.72. The highest BCUT2D eigenvalue weighted by Crippen LogP contribution is 3.09. The van der Waals surface area contributed by atoms with E-state index < -0.39 is 0 Å². The number of hydrogen-bond acceptors (Lipinski definition) is 0. The maximum Gasteiger partial charge on any atom is 0.0186 e. The van der Waals surface area contributed by atoms with Gasteiger partial charge in [0.25, 0.3) is 0 Å². The molecule has 2 heterocycles. The lowest BCUT2D eigenvalue weighted by Gasteiger charge is -2.26. The molecule has 0 aliphatic carbocycles. The fourth-order valence-corrected chi connectivity index (χ4v) is 53.3. The van der Waals surface area contributed by atoms with E-state index in [1.807, 2.05) is 0 Å². The predicted octanol–water partition coefficient (Wildman–Crippen LogP) is 6.00. The Morgan fingerprint density at radius 2 is 0.714 bits per heavy atom. The lowest BCUT2D eigenvalue weighted by atomic mass is 10.9. The third-order valence-corrected chi connectivity index (χ3v) is 42.9. The van der Waals surface area contributed by atoms with Crippen LogP contribution in [0.15, 0.2) is 0 Å². The van der Waals surface area contributed by atoms with Crippen LogP contribution in [0.2, 0.25) is 0 Å². The van der Waals surface area contributed by atoms with Gasteiger partial charge in [-0.25, -0.2) is 0 Å². The Balaban J connectivity index is 2.29. The maximum absolute atomic E-state index is 2.64. The van der Waals surface area contributed by atoms with Crippen LogP contribution in [0.4, 0.5) is 0 Å². The van der Waals surface area contributed by atoms with Gasteiger partial charge < -0.3 is 0 Å². The molecule has 14 heavy (non-hydrogen) atoms. The molecular weight excluding hydrogens is 282 g/mol. The van der Waals surface area contributed by atoms with Gasteiger partial charge in [0.15, 0.2) is 0 Å². The lowest BCUT2D eigenvalue weighted by molar-refractivity contribution is 1.32. The summed E-state index contributed by atoms with van der Waals surface area (Å²) in [6.45, 7) is 15.8. The van der Waals surface area contributed by atoms with Crippen molar-refractivity contribution in [3.63, 3.8) is 0 Å². The van der Waals surface area contributed by atoms with Gasteiger partial charge in [0.05, 0.1) is 0 Å². The summed E-state index contributed by atoms with van der Waals surface area (Å²) in [7, 11) is 2.78. The Kier molecular flexibility index (Phi) is 4.36. The molecule has 4 atom stereocenters. The average Bonchev–Trinajstić information content (AvgIpc) is 2.51. The normalized spacial score (nSPS) is 63.0. The van der Waals surface area contributed by atoms with Gasteiger partial charge in [-0.15, -0.1) is 0 Å². The minimum absolute atomic E-state index is 0.456. The summed E-state index contributed by atoms with van der Waals surface area (Å²) in [6.07, 6.45) is 0. The van der Waals surface area contributed by atoms with Crippen molar-refractivity contribution in [2.24, 2.45) is 0 Å². The molecule has 0 saturated carbocycles. The summed E-state index contributed by atoms with van der Waals surface area (Å²) in [5.74, 6) is 0. The molecule has 2 fully saturated rings. The molecule has 4 unspecified atom stereocenters. The summed E-state index contributed by atoms with van der Waals surface area (Å²) < 4.78 is 0. The zero-order valence-electron chi connectivity index (χ0n) is 9.84. The van der Waals surface area contributed by atoms with Crippen molar-refractivity contribution in [3.8, 4) is 0 Å². The van der Waals surface area contributed by atoms with E-state index in [2.05, 4.69) is 40.0 Å². The minimum atomic E-state index is 0.456. The zero-order chi connectivity index (χ0) is 10.6. The number of hydrogen-bond donors (Lipinski definition) is 0. The van der Waals surface area contributed by atoms with Crippen LogP contribution < -0.4 is 0 Å². The van der Waals surface area contributed by atoms with Crippen LogP contribution in [0.5, 0.6) is 0 Å². The van der Waals surface area contributed by atoms with Crippen molar-refractivity contribution in [1.82, 2.24) is 0 Å². The topological polar surface area (TPSA) is 0 Å². The van der Waals surface area contributed by atoms with E-state index in [-0.39, 0.29) is 0 Å². The third kappa shape index (κ3) is 1.81. The van der Waals surface area contributed by atoms with Crippen LogP contribution in [-0.2, 0) is 0 Å². The van der Waals surface area contributed by atoms with Crippen molar-refractivity contribution in [3.05, 3.63) is 0 Å². The number of fused-ring (bicyclic) bond motifs is 1. The van der Waals surface area contributed by atoms with Crippen LogP contribution in [0.25, 0.3) is 0 Å². The minimum Gasteiger partial charge on any atom is -0.0710 e. The first-order chi connectivity index (χ1) is 6.46. The second-order valence-corrected chi connectivity index (χ2v) is 30.4. The van der Waals surface area contributed by atoms with Crippen LogP contribution in [0.3, 0.4) is 0 Å². The molecule has 6 heteroatoms. The van der Waals surface area contributed by atoms with Gasteiger partial charge >= 0.3 is 0 Å². The smallest absolute Gasteiger partial charge is 0.0186 e. The second-order valence-electron chi connectivity index (χ2n) is 4.10. The van der Waals surface area contributed by atoms with Crippen LogP contribution in [-0.4, -0.2) is 50.8 Å². The summed E-state index contributed by atoms with van der Waals surface area (Å²) >= 11 is 0. The van der Waals surface area contributed by atoms with E-state index in [1.165, 1.54) is 10.8 Å². The highest BCUT2D eigenvalue weighted by Gasteiger charge is 2.55. The molecule has 2 aliphatic rings. The Morgan fingerprint density at radius 1 is 0.500 bits per heavy atom. The van der Waals surface area contributed by atoms with E-state index in [0.717, 1.165) is 0 Å². The third-order valence-electron chi connectivity index (χ3n) is 3.62. The van der Waals surface area contributed by atoms with E-state index in [4.69, 9.17) is 0 Å². The first-order valence-corrected chi connectivity index (χ1v) is 18.7. The van der Waals surface area contributed by atoms with E-state index >= 15 is 0 Å². The molecule has 0 aromatic carbocycles. The van der Waals surface area contributed by atoms with Crippen molar-refractivity contribution in [2.45, 2.75) is 10.8 Å². The fourth-order valence-electron chi connectivity index (χ4n) is 2.39. The molecule has 2 rings (SSSR count). The molecule has 0 radical (unpaired) electrons. The molecule has 0 aromatic rings. The molecule has 0 nitrogen and oxygen atoms in total. The zero-order valence-corrected chi connectivity index (χ0v) is 15.2. The molecule has 0 N–H and O–H groups in total. The summed E-state index contributed by atoms with van der Waals surface area (Å²) in [4.78, 5) is 0. The van der Waals surface area contributed by atoms with Gasteiger partial charge in [-0.2, -0.15) is 0 Å². The van der Waals surface area contributed by atoms with Crippen molar-refractivity contribution >= 4 is 45.0 Å². The highest BCUT2D eigenvalue weighted by atomic mass is 32.5. The predicted molar refractivity (Wildman–Crippen MR) is 84.6 cm³/mol. The standard InChI is InChI=1S/C8H20P6/c1-9-7-8(11(3)13(9)5)12(4)14(6)10(7)2/h7-8H,1-6H3. The second kappa shape index (κ2) is 4.69. The first kappa shape index (κ1) is 13.0. The van der Waals surface area contributed by atoms with Gasteiger partial charge in [0.2, 0.25) is 0 Å². The molecular formula is C8H20P6. The van der Waals surface area contributed by atoms with Gasteiger partial charge in [-0.3, -0.25) is 0 Å². The first-order valence-electron chi connectivity index (χ1n) is 4.85. The van der Waals surface area contributed by atoms with Gasteiger partial charge in [0.1, 0.15) is 0 Å². The van der Waals surface area contributed by atoms with E-state index in [1.54, 1.807) is 0 Å². The van der Waals surface area contributed by atoms with Crippen LogP contribution in [0, 0.1) is 0 Å². The van der Waals surface area contributed by atoms with Crippen molar-refractivity contribution in [2.75, 3.05) is 40.0 Å². The summed E-state index contributed by atoms with van der Waals surface area (Å²) in [5, 5.41) is 2.53. The molecule has 0 spiro atoms. The lowest BCUT2D eigenvalue weighted by Crippen LogP contribution is -2.05.